The zero-order valence-corrected chi connectivity index (χ0v) is 10.9. The highest BCUT2D eigenvalue weighted by atomic mass is 79.9. The van der Waals surface area contributed by atoms with Gasteiger partial charge in [0.25, 0.3) is 5.91 Å². The number of amides is 1. The van der Waals surface area contributed by atoms with Crippen LogP contribution in [0, 0.1) is 5.82 Å². The van der Waals surface area contributed by atoms with E-state index in [9.17, 15) is 9.18 Å². The predicted octanol–water partition coefficient (Wildman–Crippen LogP) is 3.42. The fourth-order valence-electron chi connectivity index (χ4n) is 1.45. The number of benzene rings is 2. The second-order valence-corrected chi connectivity index (χ2v) is 4.62. The van der Waals surface area contributed by atoms with Gasteiger partial charge in [-0.3, -0.25) is 4.79 Å². The van der Waals surface area contributed by atoms with Gasteiger partial charge in [-0.2, -0.15) is 0 Å². The third-order valence-electron chi connectivity index (χ3n) is 2.34. The van der Waals surface area contributed by atoms with Gasteiger partial charge >= 0.3 is 0 Å². The van der Waals surface area contributed by atoms with Crippen molar-refractivity contribution in [3.05, 3.63) is 58.3 Å². The first kappa shape index (κ1) is 12.6. The fraction of sp³-hybridized carbons (Fsp3) is 0. The Morgan fingerprint density at radius 1 is 1.17 bits per heavy atom. The van der Waals surface area contributed by atoms with Gasteiger partial charge in [-0.15, -0.1) is 0 Å². The van der Waals surface area contributed by atoms with Gasteiger partial charge < -0.3 is 11.1 Å². The van der Waals surface area contributed by atoms with Gasteiger partial charge in [0, 0.05) is 15.8 Å². The highest BCUT2D eigenvalue weighted by molar-refractivity contribution is 9.10. The van der Waals surface area contributed by atoms with Crippen molar-refractivity contribution < 1.29 is 9.18 Å². The third kappa shape index (κ3) is 2.87. The number of hydrogen-bond acceptors (Lipinski definition) is 2. The van der Waals surface area contributed by atoms with Crippen LogP contribution in [0.15, 0.2) is 46.9 Å². The Morgan fingerprint density at radius 3 is 2.50 bits per heavy atom. The van der Waals surface area contributed by atoms with Crippen LogP contribution in [0.3, 0.4) is 0 Å². The van der Waals surface area contributed by atoms with E-state index in [-0.39, 0.29) is 5.56 Å². The standard InChI is InChI=1S/C13H10BrFN2O/c14-8-1-4-10(5-2-8)17-13(18)11-7-9(16)3-6-12(11)15/h1-7H,16H2,(H,17,18). The first-order valence-electron chi connectivity index (χ1n) is 5.18. The smallest absolute Gasteiger partial charge is 0.258 e. The van der Waals surface area contributed by atoms with E-state index in [1.807, 2.05) is 0 Å². The zero-order valence-electron chi connectivity index (χ0n) is 9.28. The van der Waals surface area contributed by atoms with E-state index in [1.165, 1.54) is 18.2 Å². The Bertz CT molecular complexity index is 584. The second kappa shape index (κ2) is 5.18. The third-order valence-corrected chi connectivity index (χ3v) is 2.87. The lowest BCUT2D eigenvalue weighted by Crippen LogP contribution is -2.14. The van der Waals surface area contributed by atoms with Crippen LogP contribution in [0.1, 0.15) is 10.4 Å². The van der Waals surface area contributed by atoms with Crippen LogP contribution in [-0.2, 0) is 0 Å². The molecule has 3 nitrogen and oxygen atoms in total. The Hall–Kier alpha value is -1.88. The average Bonchev–Trinajstić information content (AvgIpc) is 2.35. The van der Waals surface area contributed by atoms with Gasteiger partial charge in [0.15, 0.2) is 0 Å². The van der Waals surface area contributed by atoms with E-state index in [0.717, 1.165) is 4.47 Å². The summed E-state index contributed by atoms with van der Waals surface area (Å²) in [5, 5.41) is 2.60. The van der Waals surface area contributed by atoms with E-state index in [1.54, 1.807) is 24.3 Å². The molecular weight excluding hydrogens is 299 g/mol. The second-order valence-electron chi connectivity index (χ2n) is 3.70. The molecular formula is C13H10BrFN2O. The molecule has 0 fully saturated rings. The minimum absolute atomic E-state index is 0.0714. The molecule has 0 atom stereocenters. The molecule has 0 saturated heterocycles. The number of hydrogen-bond donors (Lipinski definition) is 2. The highest BCUT2D eigenvalue weighted by Gasteiger charge is 2.12. The van der Waals surface area contributed by atoms with E-state index in [2.05, 4.69) is 21.2 Å². The van der Waals surface area contributed by atoms with Crippen LogP contribution in [0.25, 0.3) is 0 Å². The summed E-state index contributed by atoms with van der Waals surface area (Å²) in [5.41, 5.74) is 6.39. The summed E-state index contributed by atoms with van der Waals surface area (Å²) in [4.78, 5) is 11.9. The maximum atomic E-state index is 13.5. The van der Waals surface area contributed by atoms with Crippen LogP contribution < -0.4 is 11.1 Å². The molecule has 1 amide bonds. The number of nitrogens with one attached hydrogen (secondary N) is 1. The zero-order chi connectivity index (χ0) is 13.1. The number of carbonyl (C=O) groups is 1. The predicted molar refractivity (Wildman–Crippen MR) is 72.9 cm³/mol. The summed E-state index contributed by atoms with van der Waals surface area (Å²) in [5.74, 6) is -1.12. The number of anilines is 2. The minimum Gasteiger partial charge on any atom is -0.399 e. The van der Waals surface area contributed by atoms with Crippen molar-refractivity contribution in [2.45, 2.75) is 0 Å². The molecule has 92 valence electrons. The monoisotopic (exact) mass is 308 g/mol. The number of nitrogens with two attached hydrogens (primary N) is 1. The molecule has 18 heavy (non-hydrogen) atoms. The molecule has 0 aliphatic rings. The van der Waals surface area contributed by atoms with Crippen molar-refractivity contribution in [2.24, 2.45) is 0 Å². The maximum Gasteiger partial charge on any atom is 0.258 e. The SMILES string of the molecule is Nc1ccc(F)c(C(=O)Nc2ccc(Br)cc2)c1. The molecule has 0 aromatic heterocycles. The summed E-state index contributed by atoms with van der Waals surface area (Å²) < 4.78 is 14.4. The van der Waals surface area contributed by atoms with Crippen LogP contribution >= 0.6 is 15.9 Å². The Morgan fingerprint density at radius 2 is 1.83 bits per heavy atom. The summed E-state index contributed by atoms with van der Waals surface area (Å²) in [6.07, 6.45) is 0. The molecule has 5 heteroatoms. The lowest BCUT2D eigenvalue weighted by Gasteiger charge is -2.07. The summed E-state index contributed by atoms with van der Waals surface area (Å²) >= 11 is 3.29. The van der Waals surface area contributed by atoms with Crippen molar-refractivity contribution in [3.8, 4) is 0 Å². The highest BCUT2D eigenvalue weighted by Crippen LogP contribution is 2.17. The quantitative estimate of drug-likeness (QED) is 0.835. The number of halogens is 2. The van der Waals surface area contributed by atoms with Crippen LogP contribution in [-0.4, -0.2) is 5.91 Å². The topological polar surface area (TPSA) is 55.1 Å². The van der Waals surface area contributed by atoms with E-state index < -0.39 is 11.7 Å². The molecule has 0 heterocycles. The average molecular weight is 309 g/mol. The molecule has 0 radical (unpaired) electrons. The van der Waals surface area contributed by atoms with Gasteiger partial charge in [-0.05, 0) is 42.5 Å². The van der Waals surface area contributed by atoms with E-state index in [4.69, 9.17) is 5.73 Å². The molecule has 0 aliphatic heterocycles. The lowest BCUT2D eigenvalue weighted by atomic mass is 10.1. The first-order valence-corrected chi connectivity index (χ1v) is 5.97. The van der Waals surface area contributed by atoms with Crippen molar-refractivity contribution in [1.29, 1.82) is 0 Å². The van der Waals surface area contributed by atoms with Crippen molar-refractivity contribution in [3.63, 3.8) is 0 Å². The van der Waals surface area contributed by atoms with E-state index >= 15 is 0 Å². The minimum atomic E-state index is -0.598. The van der Waals surface area contributed by atoms with Gasteiger partial charge in [-0.1, -0.05) is 15.9 Å². The Balaban J connectivity index is 2.21. The molecule has 0 unspecified atom stereocenters. The summed E-state index contributed by atoms with van der Waals surface area (Å²) in [7, 11) is 0. The Kier molecular flexibility index (Phi) is 3.62. The van der Waals surface area contributed by atoms with Crippen LogP contribution in [0.5, 0.6) is 0 Å². The van der Waals surface area contributed by atoms with Gasteiger partial charge in [0.1, 0.15) is 5.82 Å². The summed E-state index contributed by atoms with van der Waals surface area (Å²) in [6, 6.07) is 10.9. The maximum absolute atomic E-state index is 13.5. The molecule has 2 aromatic carbocycles. The van der Waals surface area contributed by atoms with Gasteiger partial charge in [0.2, 0.25) is 0 Å². The first-order chi connectivity index (χ1) is 8.56. The van der Waals surface area contributed by atoms with Gasteiger partial charge in [0.05, 0.1) is 5.56 Å². The largest absolute Gasteiger partial charge is 0.399 e. The lowest BCUT2D eigenvalue weighted by molar-refractivity contribution is 0.102. The number of rotatable bonds is 2. The molecule has 0 bridgehead atoms. The molecule has 3 N–H and O–H groups in total. The fourth-order valence-corrected chi connectivity index (χ4v) is 1.71. The number of nitrogen functional groups attached to an aromatic ring is 1. The molecule has 2 rings (SSSR count). The van der Waals surface area contributed by atoms with Crippen LogP contribution in [0.2, 0.25) is 0 Å². The van der Waals surface area contributed by atoms with Crippen molar-refractivity contribution in [2.75, 3.05) is 11.1 Å². The van der Waals surface area contributed by atoms with E-state index in [0.29, 0.717) is 11.4 Å². The Labute approximate surface area is 112 Å². The molecule has 0 saturated carbocycles. The number of carbonyl (C=O) groups excluding carboxylic acids is 1. The normalized spacial score (nSPS) is 10.1. The van der Waals surface area contributed by atoms with Crippen LogP contribution in [0.4, 0.5) is 15.8 Å². The van der Waals surface area contributed by atoms with Crippen molar-refractivity contribution >= 4 is 33.2 Å². The van der Waals surface area contributed by atoms with Crippen molar-refractivity contribution in [1.82, 2.24) is 0 Å². The molecule has 0 aliphatic carbocycles. The molecule has 2 aromatic rings. The summed E-state index contributed by atoms with van der Waals surface area (Å²) in [6.45, 7) is 0. The molecule has 0 spiro atoms. The van der Waals surface area contributed by atoms with Gasteiger partial charge in [-0.25, -0.2) is 4.39 Å².